The van der Waals surface area contributed by atoms with E-state index >= 15 is 0 Å². The molecular weight excluding hydrogens is 346 g/mol. The summed E-state index contributed by atoms with van der Waals surface area (Å²) in [4.78, 5) is 22.0. The Labute approximate surface area is 154 Å². The fourth-order valence-electron chi connectivity index (χ4n) is 2.50. The summed E-state index contributed by atoms with van der Waals surface area (Å²) in [6.07, 6.45) is 6.41. The van der Waals surface area contributed by atoms with Gasteiger partial charge in [-0.05, 0) is 48.9 Å². The highest BCUT2D eigenvalue weighted by Crippen LogP contribution is 2.31. The number of nitrogens with zero attached hydrogens (tertiary/aromatic N) is 2. The Morgan fingerprint density at radius 2 is 2.15 bits per heavy atom. The van der Waals surface area contributed by atoms with E-state index in [1.165, 1.54) is 17.4 Å². The number of aromatic nitrogens is 2. The Morgan fingerprint density at radius 1 is 1.23 bits per heavy atom. The number of thiazole rings is 1. The van der Waals surface area contributed by atoms with Crippen molar-refractivity contribution in [3.05, 3.63) is 72.3 Å². The Kier molecular flexibility index (Phi) is 4.33. The van der Waals surface area contributed by atoms with Gasteiger partial charge in [-0.2, -0.15) is 0 Å². The highest BCUT2D eigenvalue weighted by molar-refractivity contribution is 7.21. The van der Waals surface area contributed by atoms with Crippen LogP contribution in [0.25, 0.3) is 27.0 Å². The van der Waals surface area contributed by atoms with Gasteiger partial charge >= 0.3 is 0 Å². The van der Waals surface area contributed by atoms with Crippen LogP contribution in [-0.4, -0.2) is 15.9 Å². The summed E-state index contributed by atoms with van der Waals surface area (Å²) in [7, 11) is 0. The molecule has 0 saturated heterocycles. The lowest BCUT2D eigenvalue weighted by Crippen LogP contribution is -2.09. The zero-order valence-corrected chi connectivity index (χ0v) is 14.8. The molecule has 26 heavy (non-hydrogen) atoms. The van der Waals surface area contributed by atoms with E-state index in [9.17, 15) is 4.79 Å². The lowest BCUT2D eigenvalue weighted by Gasteiger charge is -2.08. The molecule has 0 saturated carbocycles. The van der Waals surface area contributed by atoms with Crippen molar-refractivity contribution in [2.24, 2.45) is 0 Å². The van der Waals surface area contributed by atoms with E-state index in [-0.39, 0.29) is 5.91 Å². The molecule has 0 atom stereocenters. The monoisotopic (exact) mass is 361 g/mol. The average molecular weight is 361 g/mol. The van der Waals surface area contributed by atoms with Crippen LogP contribution in [-0.2, 0) is 4.79 Å². The topological polar surface area (TPSA) is 68.0 Å². The number of hydrogen-bond acceptors (Lipinski definition) is 5. The summed E-state index contributed by atoms with van der Waals surface area (Å²) in [5, 5.41) is 3.79. The van der Waals surface area contributed by atoms with Crippen LogP contribution < -0.4 is 5.32 Å². The van der Waals surface area contributed by atoms with Crippen LogP contribution in [0.2, 0.25) is 0 Å². The molecule has 0 radical (unpaired) electrons. The summed E-state index contributed by atoms with van der Waals surface area (Å²) >= 11 is 1.53. The molecule has 128 valence electrons. The largest absolute Gasteiger partial charge is 0.465 e. The number of aryl methyl sites for hydroxylation is 1. The van der Waals surface area contributed by atoms with Gasteiger partial charge in [0.15, 0.2) is 0 Å². The van der Waals surface area contributed by atoms with Gasteiger partial charge in [0.25, 0.3) is 0 Å². The Hall–Kier alpha value is -3.25. The average Bonchev–Trinajstić information content (AvgIpc) is 3.31. The van der Waals surface area contributed by atoms with E-state index in [0.717, 1.165) is 32.2 Å². The summed E-state index contributed by atoms with van der Waals surface area (Å²) in [5.74, 6) is 0.417. The van der Waals surface area contributed by atoms with Gasteiger partial charge in [0.1, 0.15) is 21.1 Å². The van der Waals surface area contributed by atoms with Gasteiger partial charge in [-0.15, -0.1) is 0 Å². The quantitative estimate of drug-likeness (QED) is 0.524. The summed E-state index contributed by atoms with van der Waals surface area (Å²) in [6, 6.07) is 13.3. The van der Waals surface area contributed by atoms with E-state index in [0.29, 0.717) is 5.76 Å². The van der Waals surface area contributed by atoms with Gasteiger partial charge in [-0.3, -0.25) is 4.79 Å². The minimum Gasteiger partial charge on any atom is -0.465 e. The van der Waals surface area contributed by atoms with E-state index < -0.39 is 0 Å². The minimum absolute atomic E-state index is 0.215. The lowest BCUT2D eigenvalue weighted by atomic mass is 10.1. The van der Waals surface area contributed by atoms with E-state index in [2.05, 4.69) is 15.3 Å². The van der Waals surface area contributed by atoms with Gasteiger partial charge in [0.2, 0.25) is 5.91 Å². The number of carbonyl (C=O) groups is 1. The number of carbonyl (C=O) groups excluding carboxylic acids is 1. The summed E-state index contributed by atoms with van der Waals surface area (Å²) in [5.41, 5.74) is 3.56. The van der Waals surface area contributed by atoms with Crippen LogP contribution in [0.5, 0.6) is 0 Å². The highest BCUT2D eigenvalue weighted by atomic mass is 32.1. The molecule has 6 heteroatoms. The summed E-state index contributed by atoms with van der Waals surface area (Å²) < 4.78 is 5.18. The third kappa shape index (κ3) is 3.41. The number of pyridine rings is 1. The van der Waals surface area contributed by atoms with Crippen molar-refractivity contribution in [2.75, 3.05) is 5.32 Å². The van der Waals surface area contributed by atoms with Crippen molar-refractivity contribution in [3.63, 3.8) is 0 Å². The number of furan rings is 1. The van der Waals surface area contributed by atoms with E-state index in [1.807, 2.05) is 37.3 Å². The van der Waals surface area contributed by atoms with Gasteiger partial charge in [0.05, 0.1) is 6.26 Å². The molecule has 0 unspecified atom stereocenters. The molecule has 1 N–H and O–H groups in total. The molecule has 3 aromatic heterocycles. The van der Waals surface area contributed by atoms with Crippen LogP contribution in [0.15, 0.2) is 65.4 Å². The first-order valence-corrected chi connectivity index (χ1v) is 8.86. The third-order valence-electron chi connectivity index (χ3n) is 3.85. The van der Waals surface area contributed by atoms with Crippen LogP contribution in [0.3, 0.4) is 0 Å². The molecule has 4 rings (SSSR count). The molecule has 3 heterocycles. The predicted molar refractivity (Wildman–Crippen MR) is 104 cm³/mol. The molecule has 1 amide bonds. The molecule has 0 fully saturated rings. The normalized spacial score (nSPS) is 11.3. The zero-order chi connectivity index (χ0) is 17.9. The first kappa shape index (κ1) is 16.2. The van der Waals surface area contributed by atoms with Gasteiger partial charge in [-0.1, -0.05) is 23.5 Å². The van der Waals surface area contributed by atoms with Crippen molar-refractivity contribution in [2.45, 2.75) is 6.92 Å². The first-order valence-electron chi connectivity index (χ1n) is 8.04. The maximum absolute atomic E-state index is 12.2. The van der Waals surface area contributed by atoms with Crippen molar-refractivity contribution >= 4 is 39.4 Å². The second-order valence-corrected chi connectivity index (χ2v) is 6.69. The number of hydrogen-bond donors (Lipinski definition) is 1. The van der Waals surface area contributed by atoms with Gasteiger partial charge < -0.3 is 9.73 Å². The van der Waals surface area contributed by atoms with E-state index in [1.54, 1.807) is 30.7 Å². The second kappa shape index (κ2) is 6.93. The maximum Gasteiger partial charge on any atom is 0.248 e. The van der Waals surface area contributed by atoms with Gasteiger partial charge in [-0.25, -0.2) is 9.97 Å². The number of anilines is 1. The minimum atomic E-state index is -0.215. The van der Waals surface area contributed by atoms with Crippen LogP contribution in [0.1, 0.15) is 11.3 Å². The SMILES string of the molecule is Cc1ccc(-c2nc3cccnc3s2)cc1NC(=O)/C=C/c1ccco1. The smallest absolute Gasteiger partial charge is 0.248 e. The van der Waals surface area contributed by atoms with Crippen molar-refractivity contribution in [1.29, 1.82) is 0 Å². The molecule has 0 bridgehead atoms. The number of nitrogens with one attached hydrogen (secondary N) is 1. The Morgan fingerprint density at radius 3 is 2.96 bits per heavy atom. The number of amides is 1. The second-order valence-electron chi connectivity index (χ2n) is 5.71. The Bertz CT molecular complexity index is 1060. The molecule has 1 aromatic carbocycles. The molecule has 0 aliphatic rings. The number of benzene rings is 1. The van der Waals surface area contributed by atoms with Crippen LogP contribution in [0.4, 0.5) is 5.69 Å². The fourth-order valence-corrected chi connectivity index (χ4v) is 3.41. The predicted octanol–water partition coefficient (Wildman–Crippen LogP) is 4.91. The molecule has 0 spiro atoms. The van der Waals surface area contributed by atoms with Crippen LogP contribution in [0, 0.1) is 6.92 Å². The fraction of sp³-hybridized carbons (Fsp3) is 0.0500. The number of rotatable bonds is 4. The van der Waals surface area contributed by atoms with Crippen LogP contribution >= 0.6 is 11.3 Å². The molecule has 0 aliphatic heterocycles. The summed E-state index contributed by atoms with van der Waals surface area (Å²) in [6.45, 7) is 1.95. The van der Waals surface area contributed by atoms with Crippen molar-refractivity contribution in [3.8, 4) is 10.6 Å². The highest BCUT2D eigenvalue weighted by Gasteiger charge is 2.10. The lowest BCUT2D eigenvalue weighted by molar-refractivity contribution is -0.111. The maximum atomic E-state index is 12.2. The molecule has 4 aromatic rings. The molecule has 5 nitrogen and oxygen atoms in total. The molecule has 0 aliphatic carbocycles. The first-order chi connectivity index (χ1) is 12.7. The standard InChI is InChI=1S/C20H15N3O2S/c1-13-6-7-14(19-23-16-5-2-10-21-20(16)26-19)12-17(13)22-18(24)9-8-15-4-3-11-25-15/h2-12H,1H3,(H,22,24)/b9-8+. The van der Waals surface area contributed by atoms with Crippen molar-refractivity contribution < 1.29 is 9.21 Å². The zero-order valence-electron chi connectivity index (χ0n) is 14.0. The Balaban J connectivity index is 1.58. The molecular formula is C20H15N3O2S. The van der Waals surface area contributed by atoms with Crippen molar-refractivity contribution in [1.82, 2.24) is 9.97 Å². The third-order valence-corrected chi connectivity index (χ3v) is 4.88. The van der Waals surface area contributed by atoms with Gasteiger partial charge in [0, 0.05) is 23.5 Å². The number of fused-ring (bicyclic) bond motifs is 1. The van der Waals surface area contributed by atoms with E-state index in [4.69, 9.17) is 4.42 Å².